The van der Waals surface area contributed by atoms with E-state index < -0.39 is 0 Å². The van der Waals surface area contributed by atoms with Crippen LogP contribution in [0, 0.1) is 0 Å². The maximum absolute atomic E-state index is 6.54. The number of hydrogen-bond acceptors (Lipinski definition) is 5. The Kier molecular flexibility index (Phi) is 2.96. The summed E-state index contributed by atoms with van der Waals surface area (Å²) in [5, 5.41) is 4.47. The summed E-state index contributed by atoms with van der Waals surface area (Å²) in [6.07, 6.45) is 5.28. The molecule has 0 saturated heterocycles. The van der Waals surface area contributed by atoms with Crippen LogP contribution >= 0.6 is 11.6 Å². The van der Waals surface area contributed by atoms with Gasteiger partial charge in [0.05, 0.1) is 30.0 Å². The first-order valence-electron chi connectivity index (χ1n) is 7.10. The lowest BCUT2D eigenvalue weighted by atomic mass is 9.90. The summed E-state index contributed by atoms with van der Waals surface area (Å²) in [6, 6.07) is 0. The molecule has 2 aliphatic heterocycles. The fraction of sp³-hybridized carbons (Fsp3) is 0.400. The lowest BCUT2D eigenvalue weighted by Gasteiger charge is -2.28. The van der Waals surface area contributed by atoms with Crippen LogP contribution in [0.4, 0.5) is 5.88 Å². The molecular formula is C15H15ClN2O3. The van der Waals surface area contributed by atoms with E-state index in [1.54, 1.807) is 6.20 Å². The van der Waals surface area contributed by atoms with Gasteiger partial charge in [-0.2, -0.15) is 0 Å². The maximum Gasteiger partial charge on any atom is 0.230 e. The molecule has 1 aromatic carbocycles. The van der Waals surface area contributed by atoms with Crippen LogP contribution in [0.5, 0.6) is 11.5 Å². The summed E-state index contributed by atoms with van der Waals surface area (Å²) in [4.78, 5) is 0. The minimum atomic E-state index is 0.293. The normalized spacial score (nSPS) is 16.6. The largest absolute Gasteiger partial charge is 0.493 e. The third-order valence-electron chi connectivity index (χ3n) is 4.04. The van der Waals surface area contributed by atoms with Gasteiger partial charge in [-0.3, -0.25) is 0 Å². The van der Waals surface area contributed by atoms with Crippen LogP contribution in [0.1, 0.15) is 24.0 Å². The van der Waals surface area contributed by atoms with Crippen molar-refractivity contribution in [3.05, 3.63) is 22.3 Å². The Balaban J connectivity index is 2.06. The molecular weight excluding hydrogens is 292 g/mol. The fourth-order valence-electron chi connectivity index (χ4n) is 3.11. The summed E-state index contributed by atoms with van der Waals surface area (Å²) >= 11 is 6.54. The Hall–Kier alpha value is -1.88. The van der Waals surface area contributed by atoms with E-state index >= 15 is 0 Å². The second-order valence-electron chi connectivity index (χ2n) is 5.31. The van der Waals surface area contributed by atoms with Crippen molar-refractivity contribution >= 4 is 17.5 Å². The van der Waals surface area contributed by atoms with Gasteiger partial charge in [-0.25, -0.2) is 0 Å². The SMILES string of the molecule is Nc1oncc1-c1c2c(c(Cl)c3c1OCCC3)OCCC2. The van der Waals surface area contributed by atoms with Crippen LogP contribution in [0.3, 0.4) is 0 Å². The smallest absolute Gasteiger partial charge is 0.230 e. The van der Waals surface area contributed by atoms with Gasteiger partial charge in [0, 0.05) is 16.7 Å². The van der Waals surface area contributed by atoms with Gasteiger partial charge in [0.15, 0.2) is 0 Å². The lowest BCUT2D eigenvalue weighted by molar-refractivity contribution is 0.274. The number of nitrogen functional groups attached to an aromatic ring is 1. The Bertz CT molecular complexity index is 674. The van der Waals surface area contributed by atoms with Gasteiger partial charge in [0.2, 0.25) is 5.88 Å². The van der Waals surface area contributed by atoms with E-state index in [9.17, 15) is 0 Å². The molecule has 0 radical (unpaired) electrons. The number of aromatic nitrogens is 1. The summed E-state index contributed by atoms with van der Waals surface area (Å²) in [5.41, 5.74) is 9.65. The van der Waals surface area contributed by atoms with Crippen molar-refractivity contribution in [3.8, 4) is 22.6 Å². The zero-order valence-corrected chi connectivity index (χ0v) is 12.2. The zero-order chi connectivity index (χ0) is 14.4. The van der Waals surface area contributed by atoms with Crippen LogP contribution in [0.25, 0.3) is 11.1 Å². The van der Waals surface area contributed by atoms with Crippen molar-refractivity contribution in [3.63, 3.8) is 0 Å². The Morgan fingerprint density at radius 2 is 1.76 bits per heavy atom. The van der Waals surface area contributed by atoms with Crippen LogP contribution in [-0.4, -0.2) is 18.4 Å². The van der Waals surface area contributed by atoms with E-state index in [1.165, 1.54) is 0 Å². The average molecular weight is 307 g/mol. The van der Waals surface area contributed by atoms with Crippen LogP contribution in [0.2, 0.25) is 5.02 Å². The minimum absolute atomic E-state index is 0.293. The Morgan fingerprint density at radius 3 is 2.48 bits per heavy atom. The number of nitrogens with zero attached hydrogens (tertiary/aromatic N) is 1. The summed E-state index contributed by atoms with van der Waals surface area (Å²) < 4.78 is 16.8. The molecule has 0 spiro atoms. The minimum Gasteiger partial charge on any atom is -0.493 e. The number of rotatable bonds is 1. The number of nitrogens with two attached hydrogens (primary N) is 1. The highest BCUT2D eigenvalue weighted by Crippen LogP contribution is 2.51. The number of hydrogen-bond donors (Lipinski definition) is 1. The van der Waals surface area contributed by atoms with Crippen LogP contribution in [-0.2, 0) is 12.8 Å². The summed E-state index contributed by atoms with van der Waals surface area (Å²) in [5.74, 6) is 1.87. The molecule has 6 heteroatoms. The highest BCUT2D eigenvalue weighted by Gasteiger charge is 2.30. The van der Waals surface area contributed by atoms with Crippen LogP contribution in [0.15, 0.2) is 10.7 Å². The van der Waals surface area contributed by atoms with Crippen molar-refractivity contribution in [2.75, 3.05) is 18.9 Å². The van der Waals surface area contributed by atoms with E-state index in [0.29, 0.717) is 24.1 Å². The molecule has 5 nitrogen and oxygen atoms in total. The number of anilines is 1. The van der Waals surface area contributed by atoms with E-state index in [-0.39, 0.29) is 0 Å². The van der Waals surface area contributed by atoms with Gasteiger partial charge < -0.3 is 19.7 Å². The number of benzene rings is 1. The standard InChI is InChI=1S/C15H15ClN2O3/c16-12-9-4-2-5-19-13(9)11(10-7-18-21-15(10)17)8-3-1-6-20-14(8)12/h7H,1-6,17H2. The first-order chi connectivity index (χ1) is 10.3. The molecule has 0 fully saturated rings. The van der Waals surface area contributed by atoms with E-state index in [1.807, 2.05) is 0 Å². The monoisotopic (exact) mass is 306 g/mol. The Morgan fingerprint density at radius 1 is 1.05 bits per heavy atom. The molecule has 4 rings (SSSR count). The van der Waals surface area contributed by atoms with Crippen molar-refractivity contribution in [2.45, 2.75) is 25.7 Å². The predicted molar refractivity (Wildman–Crippen MR) is 79.0 cm³/mol. The topological polar surface area (TPSA) is 70.5 Å². The zero-order valence-electron chi connectivity index (χ0n) is 11.4. The molecule has 3 heterocycles. The Labute approximate surface area is 127 Å². The van der Waals surface area contributed by atoms with Crippen molar-refractivity contribution in [2.24, 2.45) is 0 Å². The number of ether oxygens (including phenoxy) is 2. The molecule has 2 N–H and O–H groups in total. The fourth-order valence-corrected chi connectivity index (χ4v) is 3.46. The number of halogens is 1. The van der Waals surface area contributed by atoms with Gasteiger partial charge in [0.25, 0.3) is 0 Å². The first-order valence-corrected chi connectivity index (χ1v) is 7.48. The molecule has 0 atom stereocenters. The van der Waals surface area contributed by atoms with Gasteiger partial charge >= 0.3 is 0 Å². The quantitative estimate of drug-likeness (QED) is 0.876. The molecule has 2 aliphatic rings. The maximum atomic E-state index is 6.54. The van der Waals surface area contributed by atoms with E-state index in [4.69, 9.17) is 31.3 Å². The second kappa shape index (κ2) is 4.84. The van der Waals surface area contributed by atoms with Gasteiger partial charge in [-0.05, 0) is 25.7 Å². The van der Waals surface area contributed by atoms with Crippen molar-refractivity contribution < 1.29 is 14.0 Å². The molecule has 0 aliphatic carbocycles. The molecule has 1 aromatic heterocycles. The van der Waals surface area contributed by atoms with E-state index in [2.05, 4.69) is 5.16 Å². The summed E-state index contributed by atoms with van der Waals surface area (Å²) in [7, 11) is 0. The van der Waals surface area contributed by atoms with Gasteiger partial charge in [-0.15, -0.1) is 0 Å². The van der Waals surface area contributed by atoms with Crippen LogP contribution < -0.4 is 15.2 Å². The predicted octanol–water partition coefficient (Wildman–Crippen LogP) is 3.23. The molecule has 0 bridgehead atoms. The lowest BCUT2D eigenvalue weighted by Crippen LogP contribution is -2.16. The highest BCUT2D eigenvalue weighted by molar-refractivity contribution is 6.33. The van der Waals surface area contributed by atoms with Gasteiger partial charge in [0.1, 0.15) is 11.5 Å². The first kappa shape index (κ1) is 12.8. The molecule has 110 valence electrons. The molecule has 0 unspecified atom stereocenters. The highest BCUT2D eigenvalue weighted by atomic mass is 35.5. The van der Waals surface area contributed by atoms with Crippen molar-refractivity contribution in [1.82, 2.24) is 5.16 Å². The molecule has 21 heavy (non-hydrogen) atoms. The van der Waals surface area contributed by atoms with Crippen molar-refractivity contribution in [1.29, 1.82) is 0 Å². The molecule has 2 aromatic rings. The average Bonchev–Trinajstić information content (AvgIpc) is 2.94. The summed E-state index contributed by atoms with van der Waals surface area (Å²) in [6.45, 7) is 1.37. The van der Waals surface area contributed by atoms with Gasteiger partial charge in [-0.1, -0.05) is 16.8 Å². The van der Waals surface area contributed by atoms with E-state index in [0.717, 1.165) is 59.4 Å². The molecule has 0 saturated carbocycles. The third-order valence-corrected chi connectivity index (χ3v) is 4.44. The second-order valence-corrected chi connectivity index (χ2v) is 5.69. The molecule has 0 amide bonds. The number of fused-ring (bicyclic) bond motifs is 2. The third kappa shape index (κ3) is 1.87.